The Balaban J connectivity index is 1.92. The molecule has 1 saturated heterocycles. The van der Waals surface area contributed by atoms with Crippen molar-refractivity contribution in [2.45, 2.75) is 26.1 Å². The number of benzene rings is 1. The minimum atomic E-state index is 0.136. The molecule has 1 aliphatic heterocycles. The fraction of sp³-hybridized carbons (Fsp3) is 0.444. The molecule has 0 amide bonds. The third-order valence-corrected chi connectivity index (χ3v) is 4.79. The minimum absolute atomic E-state index is 0.136. The second kappa shape index (κ2) is 7.86. The predicted molar refractivity (Wildman–Crippen MR) is 108 cm³/mol. The number of rotatable bonds is 4. The number of halogens is 2. The van der Waals surface area contributed by atoms with Crippen LogP contribution in [-0.4, -0.2) is 49.4 Å². The van der Waals surface area contributed by atoms with E-state index < -0.39 is 0 Å². The highest BCUT2D eigenvalue weighted by molar-refractivity contribution is 6.42. The average molecular weight is 396 g/mol. The van der Waals surface area contributed by atoms with Gasteiger partial charge in [0.25, 0.3) is 0 Å². The molecule has 1 aromatic heterocycles. The van der Waals surface area contributed by atoms with Crippen LogP contribution in [0.4, 0.5) is 23.3 Å². The van der Waals surface area contributed by atoms with Gasteiger partial charge in [0.15, 0.2) is 0 Å². The first-order chi connectivity index (χ1) is 12.3. The van der Waals surface area contributed by atoms with Crippen molar-refractivity contribution in [1.82, 2.24) is 9.97 Å². The summed E-state index contributed by atoms with van der Waals surface area (Å²) < 4.78 is 5.82. The van der Waals surface area contributed by atoms with Crippen LogP contribution in [0.5, 0.6) is 0 Å². The molecule has 8 heteroatoms. The maximum Gasteiger partial charge on any atom is 0.229 e. The Morgan fingerprint density at radius 1 is 1.08 bits per heavy atom. The van der Waals surface area contributed by atoms with Crippen molar-refractivity contribution in [1.29, 1.82) is 0 Å². The van der Waals surface area contributed by atoms with Crippen molar-refractivity contribution in [2.75, 3.05) is 42.3 Å². The molecule has 2 heterocycles. The lowest BCUT2D eigenvalue weighted by Crippen LogP contribution is -2.46. The van der Waals surface area contributed by atoms with E-state index in [2.05, 4.69) is 24.1 Å². The van der Waals surface area contributed by atoms with Crippen LogP contribution in [0, 0.1) is 0 Å². The molecular weight excluding hydrogens is 373 g/mol. The highest BCUT2D eigenvalue weighted by atomic mass is 35.5. The summed E-state index contributed by atoms with van der Waals surface area (Å²) >= 11 is 12.1. The maximum absolute atomic E-state index is 6.11. The molecule has 1 fully saturated rings. The zero-order valence-corrected chi connectivity index (χ0v) is 16.8. The van der Waals surface area contributed by atoms with Crippen molar-refractivity contribution in [2.24, 2.45) is 0 Å². The van der Waals surface area contributed by atoms with Gasteiger partial charge in [0.05, 0.1) is 22.3 Å². The predicted octanol–water partition coefficient (Wildman–Crippen LogP) is 4.21. The molecule has 0 radical (unpaired) electrons. The van der Waals surface area contributed by atoms with Crippen molar-refractivity contribution in [3.63, 3.8) is 0 Å². The molecule has 26 heavy (non-hydrogen) atoms. The van der Waals surface area contributed by atoms with Gasteiger partial charge in [-0.1, -0.05) is 23.2 Å². The number of morpholine rings is 1. The summed E-state index contributed by atoms with van der Waals surface area (Å²) in [6.45, 7) is 5.64. The van der Waals surface area contributed by atoms with Gasteiger partial charge >= 0.3 is 0 Å². The molecule has 1 aromatic carbocycles. The lowest BCUT2D eigenvalue weighted by atomic mass is 10.2. The lowest BCUT2D eigenvalue weighted by Gasteiger charge is -2.35. The van der Waals surface area contributed by atoms with Crippen molar-refractivity contribution in [3.8, 4) is 0 Å². The van der Waals surface area contributed by atoms with E-state index in [0.29, 0.717) is 21.8 Å². The smallest absolute Gasteiger partial charge is 0.229 e. The van der Waals surface area contributed by atoms with Crippen LogP contribution in [0.15, 0.2) is 24.3 Å². The fourth-order valence-electron chi connectivity index (χ4n) is 2.92. The van der Waals surface area contributed by atoms with Gasteiger partial charge in [0.2, 0.25) is 5.95 Å². The average Bonchev–Trinajstić information content (AvgIpc) is 2.57. The molecule has 0 aliphatic carbocycles. The highest BCUT2D eigenvalue weighted by Gasteiger charge is 2.25. The standard InChI is InChI=1S/C18H23Cl2N5O/c1-11-9-25(10-12(2)26-11)18-22-16(8-17(23-18)24(3)4)21-13-5-6-14(19)15(20)7-13/h5-8,11-12H,9-10H2,1-4H3,(H,21,22,23). The molecule has 1 N–H and O–H groups in total. The summed E-state index contributed by atoms with van der Waals surface area (Å²) in [7, 11) is 3.92. The topological polar surface area (TPSA) is 53.5 Å². The van der Waals surface area contributed by atoms with Crippen LogP contribution in [0.25, 0.3) is 0 Å². The Kier molecular flexibility index (Phi) is 5.75. The number of hydrogen-bond acceptors (Lipinski definition) is 6. The molecule has 0 spiro atoms. The first kappa shape index (κ1) is 19.0. The monoisotopic (exact) mass is 395 g/mol. The summed E-state index contributed by atoms with van der Waals surface area (Å²) in [6, 6.07) is 7.30. The molecule has 0 bridgehead atoms. The van der Waals surface area contributed by atoms with Gasteiger partial charge in [-0.15, -0.1) is 0 Å². The Hall–Kier alpha value is -1.76. The van der Waals surface area contributed by atoms with Crippen LogP contribution in [0.1, 0.15) is 13.8 Å². The fourth-order valence-corrected chi connectivity index (χ4v) is 3.22. The van der Waals surface area contributed by atoms with Gasteiger partial charge in [-0.05, 0) is 32.0 Å². The van der Waals surface area contributed by atoms with Gasteiger partial charge in [-0.2, -0.15) is 9.97 Å². The highest BCUT2D eigenvalue weighted by Crippen LogP contribution is 2.28. The number of aromatic nitrogens is 2. The zero-order valence-electron chi connectivity index (χ0n) is 15.3. The molecule has 2 unspecified atom stereocenters. The third-order valence-electron chi connectivity index (χ3n) is 4.05. The van der Waals surface area contributed by atoms with Gasteiger partial charge in [0, 0.05) is 38.9 Å². The van der Waals surface area contributed by atoms with Crippen LogP contribution in [0.3, 0.4) is 0 Å². The van der Waals surface area contributed by atoms with E-state index in [9.17, 15) is 0 Å². The van der Waals surface area contributed by atoms with E-state index in [4.69, 9.17) is 37.9 Å². The number of anilines is 4. The van der Waals surface area contributed by atoms with E-state index in [1.54, 1.807) is 12.1 Å². The van der Waals surface area contributed by atoms with Crippen molar-refractivity contribution < 1.29 is 4.74 Å². The van der Waals surface area contributed by atoms with Crippen LogP contribution in [0.2, 0.25) is 10.0 Å². The van der Waals surface area contributed by atoms with Crippen LogP contribution in [-0.2, 0) is 4.74 Å². The quantitative estimate of drug-likeness (QED) is 0.836. The Morgan fingerprint density at radius 2 is 1.77 bits per heavy atom. The first-order valence-corrected chi connectivity index (χ1v) is 9.26. The third kappa shape index (κ3) is 4.50. The summed E-state index contributed by atoms with van der Waals surface area (Å²) in [5, 5.41) is 4.30. The van der Waals surface area contributed by atoms with E-state index in [1.807, 2.05) is 31.1 Å². The van der Waals surface area contributed by atoms with Gasteiger partial charge < -0.3 is 19.9 Å². The number of nitrogens with one attached hydrogen (secondary N) is 1. The van der Waals surface area contributed by atoms with E-state index >= 15 is 0 Å². The summed E-state index contributed by atoms with van der Waals surface area (Å²) in [6.07, 6.45) is 0.272. The van der Waals surface area contributed by atoms with Crippen LogP contribution >= 0.6 is 23.2 Å². The lowest BCUT2D eigenvalue weighted by molar-refractivity contribution is -0.00570. The molecule has 0 saturated carbocycles. The van der Waals surface area contributed by atoms with Crippen molar-refractivity contribution in [3.05, 3.63) is 34.3 Å². The Labute approximate surface area is 164 Å². The SMILES string of the molecule is CC1CN(c2nc(Nc3ccc(Cl)c(Cl)c3)cc(N(C)C)n2)CC(C)O1. The summed E-state index contributed by atoms with van der Waals surface area (Å²) in [5.41, 5.74) is 0.817. The first-order valence-electron chi connectivity index (χ1n) is 8.50. The zero-order chi connectivity index (χ0) is 18.8. The minimum Gasteiger partial charge on any atom is -0.372 e. The summed E-state index contributed by atoms with van der Waals surface area (Å²) in [4.78, 5) is 13.5. The number of ether oxygens (including phenoxy) is 1. The molecular formula is C18H23Cl2N5O. The molecule has 140 valence electrons. The second-order valence-corrected chi connectivity index (χ2v) is 7.54. The second-order valence-electron chi connectivity index (χ2n) is 6.72. The molecule has 3 rings (SSSR count). The van der Waals surface area contributed by atoms with Gasteiger partial charge in [-0.25, -0.2) is 0 Å². The normalized spacial score (nSPS) is 20.2. The molecule has 2 atom stereocenters. The van der Waals surface area contributed by atoms with Gasteiger partial charge in [-0.3, -0.25) is 0 Å². The summed E-state index contributed by atoms with van der Waals surface area (Å²) in [5.74, 6) is 2.20. The maximum atomic E-state index is 6.11. The van der Waals surface area contributed by atoms with E-state index in [-0.39, 0.29) is 12.2 Å². The molecule has 2 aromatic rings. The number of hydrogen-bond donors (Lipinski definition) is 1. The molecule has 1 aliphatic rings. The largest absolute Gasteiger partial charge is 0.372 e. The Bertz CT molecular complexity index is 776. The molecule has 6 nitrogen and oxygen atoms in total. The van der Waals surface area contributed by atoms with E-state index in [1.165, 1.54) is 0 Å². The Morgan fingerprint density at radius 3 is 2.38 bits per heavy atom. The number of nitrogens with zero attached hydrogens (tertiary/aromatic N) is 4. The van der Waals surface area contributed by atoms with Crippen LogP contribution < -0.4 is 15.1 Å². The van der Waals surface area contributed by atoms with Gasteiger partial charge in [0.1, 0.15) is 11.6 Å². The van der Waals surface area contributed by atoms with E-state index in [0.717, 1.165) is 24.6 Å². The van der Waals surface area contributed by atoms with Crippen molar-refractivity contribution >= 4 is 46.5 Å².